The number of rotatable bonds is 2. The zero-order chi connectivity index (χ0) is 18.4. The van der Waals surface area contributed by atoms with Gasteiger partial charge in [0, 0.05) is 24.8 Å². The second-order valence-electron chi connectivity index (χ2n) is 6.78. The molecule has 0 bridgehead atoms. The molecule has 0 radical (unpaired) electrons. The maximum atomic E-state index is 12.6. The van der Waals surface area contributed by atoms with Gasteiger partial charge in [0.15, 0.2) is 11.2 Å². The maximum Gasteiger partial charge on any atom is 0.323 e. The van der Waals surface area contributed by atoms with Crippen LogP contribution in [-0.4, -0.2) is 31.9 Å². The van der Waals surface area contributed by atoms with Crippen molar-refractivity contribution < 1.29 is 23.9 Å². The smallest absolute Gasteiger partial charge is 0.323 e. The zero-order valence-electron chi connectivity index (χ0n) is 15.0. The number of allylic oxidation sites excluding steroid dienone is 1. The number of carbonyl (C=O) groups is 3. The number of esters is 2. The number of hydrogen-bond acceptors (Lipinski definition) is 5. The first-order valence-corrected chi connectivity index (χ1v) is 8.39. The van der Waals surface area contributed by atoms with Crippen molar-refractivity contribution in [1.82, 2.24) is 0 Å². The molecular formula is C20H22O5. The van der Waals surface area contributed by atoms with Crippen LogP contribution in [0.25, 0.3) is 6.08 Å². The number of carbonyl (C=O) groups excluding carboxylic acids is 3. The van der Waals surface area contributed by atoms with Gasteiger partial charge in [0.25, 0.3) is 0 Å². The number of hydrogen-bond donors (Lipinski definition) is 0. The topological polar surface area (TPSA) is 69.7 Å². The van der Waals surface area contributed by atoms with Gasteiger partial charge in [-0.05, 0) is 48.1 Å². The fourth-order valence-corrected chi connectivity index (χ4v) is 4.17. The van der Waals surface area contributed by atoms with E-state index in [1.165, 1.54) is 14.2 Å². The minimum atomic E-state index is -1.37. The molecule has 0 spiro atoms. The summed E-state index contributed by atoms with van der Waals surface area (Å²) in [6, 6.07) is 0. The van der Waals surface area contributed by atoms with Gasteiger partial charge in [-0.15, -0.1) is 0 Å². The fourth-order valence-electron chi connectivity index (χ4n) is 4.17. The Hall–Kier alpha value is -2.43. The molecule has 1 aromatic rings. The number of methoxy groups -OCH3 is 2. The highest BCUT2D eigenvalue weighted by atomic mass is 16.5. The molecule has 132 valence electrons. The highest BCUT2D eigenvalue weighted by Gasteiger charge is 2.53. The van der Waals surface area contributed by atoms with Crippen molar-refractivity contribution in [2.75, 3.05) is 14.2 Å². The van der Waals surface area contributed by atoms with Crippen LogP contribution in [0.3, 0.4) is 0 Å². The lowest BCUT2D eigenvalue weighted by Gasteiger charge is -2.22. The Balaban J connectivity index is 2.24. The molecule has 0 atom stereocenters. The van der Waals surface area contributed by atoms with Crippen molar-refractivity contribution in [3.05, 3.63) is 39.5 Å². The molecule has 2 aliphatic rings. The van der Waals surface area contributed by atoms with Gasteiger partial charge in [0.05, 0.1) is 14.2 Å². The van der Waals surface area contributed by atoms with Crippen molar-refractivity contribution >= 4 is 23.8 Å². The van der Waals surface area contributed by atoms with Gasteiger partial charge in [0.1, 0.15) is 0 Å². The highest BCUT2D eigenvalue weighted by molar-refractivity contribution is 6.05. The van der Waals surface area contributed by atoms with E-state index in [1.807, 2.05) is 26.0 Å². The summed E-state index contributed by atoms with van der Waals surface area (Å²) in [6.07, 6.45) is 5.64. The first-order chi connectivity index (χ1) is 11.9. The predicted octanol–water partition coefficient (Wildman–Crippen LogP) is 2.72. The summed E-state index contributed by atoms with van der Waals surface area (Å²) in [5.74, 6) is -1.07. The summed E-state index contributed by atoms with van der Waals surface area (Å²) in [5, 5.41) is 0. The molecule has 0 saturated carbocycles. The van der Waals surface area contributed by atoms with E-state index in [0.717, 1.165) is 39.8 Å². The van der Waals surface area contributed by atoms with E-state index >= 15 is 0 Å². The molecule has 0 saturated heterocycles. The van der Waals surface area contributed by atoms with Crippen molar-refractivity contribution in [3.8, 4) is 0 Å². The lowest BCUT2D eigenvalue weighted by molar-refractivity contribution is -0.168. The Morgan fingerprint density at radius 1 is 1.00 bits per heavy atom. The minimum absolute atomic E-state index is 0.108. The first kappa shape index (κ1) is 17.4. The summed E-state index contributed by atoms with van der Waals surface area (Å²) >= 11 is 0. The summed E-state index contributed by atoms with van der Waals surface area (Å²) in [6.45, 7) is 3.85. The highest BCUT2D eigenvalue weighted by Crippen LogP contribution is 2.45. The third-order valence-corrected chi connectivity index (χ3v) is 5.53. The Labute approximate surface area is 147 Å². The average Bonchev–Trinajstić information content (AvgIpc) is 2.93. The number of ketones is 1. The van der Waals surface area contributed by atoms with Crippen LogP contribution in [-0.2, 0) is 31.9 Å². The second kappa shape index (κ2) is 6.14. The van der Waals surface area contributed by atoms with Crippen molar-refractivity contribution in [1.29, 1.82) is 0 Å². The molecule has 0 fully saturated rings. The van der Waals surface area contributed by atoms with E-state index in [1.54, 1.807) is 0 Å². The summed E-state index contributed by atoms with van der Waals surface area (Å²) in [7, 11) is 2.55. The molecule has 5 heteroatoms. The van der Waals surface area contributed by atoms with Crippen LogP contribution in [0.2, 0.25) is 0 Å². The van der Waals surface area contributed by atoms with E-state index in [9.17, 15) is 14.4 Å². The number of fused-ring (bicyclic) bond motifs is 2. The number of ether oxygens (including phenoxy) is 2. The van der Waals surface area contributed by atoms with Gasteiger partial charge in [-0.25, -0.2) is 0 Å². The van der Waals surface area contributed by atoms with E-state index in [4.69, 9.17) is 9.47 Å². The standard InChI is InChI=1S/C20H22O5/c1-11-13-7-5-6-8-16(21)17(13)12(2)15-10-20(9-14(11)15,18(22)24-3)19(23)25-4/h5,7H,6,8-10H2,1-4H3. The molecule has 0 aliphatic heterocycles. The van der Waals surface area contributed by atoms with Crippen LogP contribution in [0, 0.1) is 19.3 Å². The average molecular weight is 342 g/mol. The molecule has 0 heterocycles. The summed E-state index contributed by atoms with van der Waals surface area (Å²) in [5.41, 5.74) is 3.93. The molecule has 0 unspecified atom stereocenters. The molecule has 25 heavy (non-hydrogen) atoms. The van der Waals surface area contributed by atoms with Crippen LogP contribution in [0.4, 0.5) is 0 Å². The van der Waals surface area contributed by atoms with Crippen molar-refractivity contribution in [2.45, 2.75) is 39.5 Å². The monoisotopic (exact) mass is 342 g/mol. The fraction of sp³-hybridized carbons (Fsp3) is 0.450. The molecule has 0 aromatic heterocycles. The van der Waals surface area contributed by atoms with Gasteiger partial charge in [-0.1, -0.05) is 12.2 Å². The summed E-state index contributed by atoms with van der Waals surface area (Å²) < 4.78 is 9.83. The Bertz CT molecular complexity index is 800. The molecule has 2 aliphatic carbocycles. The third kappa shape index (κ3) is 2.41. The number of benzene rings is 1. The SMILES string of the molecule is COC(=O)C1(C(=O)OC)Cc2c(C)c3c(c(C)c2C1)C(=O)CCC=C3. The van der Waals surface area contributed by atoms with E-state index in [0.29, 0.717) is 6.42 Å². The third-order valence-electron chi connectivity index (χ3n) is 5.53. The first-order valence-electron chi connectivity index (χ1n) is 8.39. The second-order valence-corrected chi connectivity index (χ2v) is 6.78. The normalized spacial score (nSPS) is 17.5. The molecule has 5 nitrogen and oxygen atoms in total. The van der Waals surface area contributed by atoms with Gasteiger partial charge < -0.3 is 9.47 Å². The Morgan fingerprint density at radius 3 is 2.12 bits per heavy atom. The van der Waals surface area contributed by atoms with E-state index in [2.05, 4.69) is 0 Å². The van der Waals surface area contributed by atoms with Crippen LogP contribution < -0.4 is 0 Å². The lowest BCUT2D eigenvalue weighted by Crippen LogP contribution is -2.42. The lowest BCUT2D eigenvalue weighted by atomic mass is 9.84. The molecular weight excluding hydrogens is 320 g/mol. The van der Waals surface area contributed by atoms with Gasteiger partial charge in [-0.2, -0.15) is 0 Å². The molecule has 3 rings (SSSR count). The van der Waals surface area contributed by atoms with Gasteiger partial charge in [-0.3, -0.25) is 14.4 Å². The molecule has 0 N–H and O–H groups in total. The van der Waals surface area contributed by atoms with Crippen LogP contribution in [0.1, 0.15) is 51.0 Å². The largest absolute Gasteiger partial charge is 0.468 e. The number of Topliss-reactive ketones (excluding diaryl/α,β-unsaturated/α-hetero) is 1. The van der Waals surface area contributed by atoms with Crippen LogP contribution in [0.15, 0.2) is 6.08 Å². The predicted molar refractivity (Wildman–Crippen MR) is 92.4 cm³/mol. The Morgan fingerprint density at radius 2 is 1.56 bits per heavy atom. The van der Waals surface area contributed by atoms with Crippen molar-refractivity contribution in [3.63, 3.8) is 0 Å². The van der Waals surface area contributed by atoms with E-state index in [-0.39, 0.29) is 18.6 Å². The Kier molecular flexibility index (Phi) is 4.27. The van der Waals surface area contributed by atoms with Crippen LogP contribution >= 0.6 is 0 Å². The maximum absolute atomic E-state index is 12.6. The quantitative estimate of drug-likeness (QED) is 0.610. The minimum Gasteiger partial charge on any atom is -0.468 e. The molecule has 0 amide bonds. The molecule has 1 aromatic carbocycles. The van der Waals surface area contributed by atoms with E-state index < -0.39 is 17.4 Å². The van der Waals surface area contributed by atoms with Gasteiger partial charge in [0.2, 0.25) is 0 Å². The van der Waals surface area contributed by atoms with Crippen LogP contribution in [0.5, 0.6) is 0 Å². The summed E-state index contributed by atoms with van der Waals surface area (Å²) in [4.78, 5) is 37.5. The zero-order valence-corrected chi connectivity index (χ0v) is 15.0. The van der Waals surface area contributed by atoms with Crippen molar-refractivity contribution in [2.24, 2.45) is 5.41 Å². The van der Waals surface area contributed by atoms with Gasteiger partial charge >= 0.3 is 11.9 Å².